The van der Waals surface area contributed by atoms with Gasteiger partial charge < -0.3 is 15.5 Å². The summed E-state index contributed by atoms with van der Waals surface area (Å²) in [6.07, 6.45) is 1.17. The van der Waals surface area contributed by atoms with Crippen LogP contribution in [0.5, 0.6) is 0 Å². The first-order chi connectivity index (χ1) is 10.5. The Morgan fingerprint density at radius 3 is 2.55 bits per heavy atom. The molecule has 1 aliphatic heterocycles. The average Bonchev–Trinajstić information content (AvgIpc) is 2.71. The molecule has 2 amide bonds. The minimum atomic E-state index is -0.124. The smallest absolute Gasteiger partial charge is 0.253 e. The zero-order valence-corrected chi connectivity index (χ0v) is 13.4. The lowest BCUT2D eigenvalue weighted by Gasteiger charge is -2.23. The van der Waals surface area contributed by atoms with Crippen LogP contribution in [0.25, 0.3) is 0 Å². The number of aryl methyl sites for hydroxylation is 1. The number of nitrogens with zero attached hydrogens (tertiary/aromatic N) is 2. The van der Waals surface area contributed by atoms with Crippen LogP contribution in [-0.4, -0.2) is 53.8 Å². The summed E-state index contributed by atoms with van der Waals surface area (Å²) in [5.74, 6) is 0.130. The van der Waals surface area contributed by atoms with Crippen molar-refractivity contribution in [3.63, 3.8) is 0 Å². The normalized spacial score (nSPS) is 17.0. The Balaban J connectivity index is 1.98. The molecule has 2 N–H and O–H groups in total. The van der Waals surface area contributed by atoms with E-state index in [9.17, 15) is 9.59 Å². The summed E-state index contributed by atoms with van der Waals surface area (Å²) in [7, 11) is 0. The predicted octanol–water partition coefficient (Wildman–Crippen LogP) is 1.41. The largest absolute Gasteiger partial charge is 0.341 e. The first-order valence-corrected chi connectivity index (χ1v) is 7.86. The molecule has 1 fully saturated rings. The number of nitrogens with two attached hydrogens (primary N) is 1. The van der Waals surface area contributed by atoms with Gasteiger partial charge in [0.05, 0.1) is 0 Å². The number of benzene rings is 1. The molecule has 1 unspecified atom stereocenters. The number of carbonyl (C=O) groups is 2. The number of carbonyl (C=O) groups excluding carboxylic acids is 2. The van der Waals surface area contributed by atoms with Crippen LogP contribution in [-0.2, 0) is 4.79 Å². The molecule has 5 heteroatoms. The van der Waals surface area contributed by atoms with E-state index in [0.29, 0.717) is 32.6 Å². The van der Waals surface area contributed by atoms with E-state index in [-0.39, 0.29) is 17.9 Å². The van der Waals surface area contributed by atoms with Crippen molar-refractivity contribution < 1.29 is 9.59 Å². The van der Waals surface area contributed by atoms with Gasteiger partial charge in [-0.25, -0.2) is 0 Å². The topological polar surface area (TPSA) is 66.6 Å². The molecule has 22 heavy (non-hydrogen) atoms. The van der Waals surface area contributed by atoms with Crippen LogP contribution in [0.15, 0.2) is 24.3 Å². The molecule has 0 bridgehead atoms. The highest BCUT2D eigenvalue weighted by molar-refractivity contribution is 5.94. The van der Waals surface area contributed by atoms with Gasteiger partial charge in [0.25, 0.3) is 5.91 Å². The molecule has 0 radical (unpaired) electrons. The van der Waals surface area contributed by atoms with Crippen LogP contribution in [0.4, 0.5) is 0 Å². The maximum absolute atomic E-state index is 12.6. The highest BCUT2D eigenvalue weighted by Gasteiger charge is 2.23. The Morgan fingerprint density at radius 2 is 1.86 bits per heavy atom. The van der Waals surface area contributed by atoms with Gasteiger partial charge in [-0.05, 0) is 32.4 Å². The van der Waals surface area contributed by atoms with Crippen molar-refractivity contribution in [2.75, 3.05) is 26.2 Å². The molecular weight excluding hydrogens is 278 g/mol. The molecule has 1 aliphatic rings. The van der Waals surface area contributed by atoms with Crippen molar-refractivity contribution in [1.82, 2.24) is 9.80 Å². The van der Waals surface area contributed by atoms with Crippen molar-refractivity contribution >= 4 is 11.8 Å². The maximum atomic E-state index is 12.6. The van der Waals surface area contributed by atoms with Gasteiger partial charge in [0.15, 0.2) is 0 Å². The van der Waals surface area contributed by atoms with Crippen LogP contribution in [0, 0.1) is 6.92 Å². The number of rotatable bonds is 3. The Kier molecular flexibility index (Phi) is 5.55. The molecule has 0 aromatic heterocycles. The average molecular weight is 303 g/mol. The molecule has 1 heterocycles. The number of hydrogen-bond acceptors (Lipinski definition) is 3. The molecular formula is C17H25N3O2. The lowest BCUT2D eigenvalue weighted by atomic mass is 10.1. The molecule has 1 saturated heterocycles. The van der Waals surface area contributed by atoms with E-state index in [1.807, 2.05) is 47.9 Å². The highest BCUT2D eigenvalue weighted by atomic mass is 16.2. The zero-order valence-electron chi connectivity index (χ0n) is 13.4. The molecule has 0 saturated carbocycles. The summed E-state index contributed by atoms with van der Waals surface area (Å²) in [6.45, 7) is 6.37. The summed E-state index contributed by atoms with van der Waals surface area (Å²) in [5.41, 5.74) is 7.49. The van der Waals surface area contributed by atoms with Crippen molar-refractivity contribution in [3.05, 3.63) is 35.4 Å². The fraction of sp³-hybridized carbons (Fsp3) is 0.529. The first kappa shape index (κ1) is 16.5. The fourth-order valence-electron chi connectivity index (χ4n) is 2.74. The third-order valence-electron chi connectivity index (χ3n) is 3.90. The predicted molar refractivity (Wildman–Crippen MR) is 86.5 cm³/mol. The third kappa shape index (κ3) is 4.31. The van der Waals surface area contributed by atoms with Crippen LogP contribution in [0.3, 0.4) is 0 Å². The molecule has 2 rings (SSSR count). The fourth-order valence-corrected chi connectivity index (χ4v) is 2.74. The summed E-state index contributed by atoms with van der Waals surface area (Å²) >= 11 is 0. The Hall–Kier alpha value is -1.88. The van der Waals surface area contributed by atoms with Crippen LogP contribution >= 0.6 is 0 Å². The summed E-state index contributed by atoms with van der Waals surface area (Å²) in [4.78, 5) is 28.3. The van der Waals surface area contributed by atoms with Gasteiger partial charge in [0.2, 0.25) is 5.91 Å². The first-order valence-electron chi connectivity index (χ1n) is 7.86. The minimum absolute atomic E-state index is 0.0465. The molecule has 0 spiro atoms. The van der Waals surface area contributed by atoms with E-state index in [1.165, 1.54) is 0 Å². The molecule has 5 nitrogen and oxygen atoms in total. The summed E-state index contributed by atoms with van der Waals surface area (Å²) in [6, 6.07) is 7.51. The van der Waals surface area contributed by atoms with Crippen LogP contribution < -0.4 is 5.73 Å². The lowest BCUT2D eigenvalue weighted by Crippen LogP contribution is -2.39. The van der Waals surface area contributed by atoms with E-state index in [4.69, 9.17) is 5.73 Å². The molecule has 0 aliphatic carbocycles. The van der Waals surface area contributed by atoms with Gasteiger partial charge in [-0.2, -0.15) is 0 Å². The molecule has 120 valence electrons. The standard InChI is InChI=1S/C17H25N3O2/c1-13-5-3-6-15(11-13)17(22)20-8-4-7-19(9-10-20)16(21)12-14(2)18/h3,5-6,11,14H,4,7-10,12,18H2,1-2H3. The van der Waals surface area contributed by atoms with Crippen molar-refractivity contribution in [2.24, 2.45) is 5.73 Å². The zero-order chi connectivity index (χ0) is 16.1. The van der Waals surface area contributed by atoms with E-state index in [0.717, 1.165) is 17.5 Å². The molecule has 1 atom stereocenters. The van der Waals surface area contributed by atoms with Gasteiger partial charge in [-0.15, -0.1) is 0 Å². The van der Waals surface area contributed by atoms with Gasteiger partial charge in [0.1, 0.15) is 0 Å². The Bertz CT molecular complexity index is 542. The van der Waals surface area contributed by atoms with Gasteiger partial charge in [0, 0.05) is 44.2 Å². The highest BCUT2D eigenvalue weighted by Crippen LogP contribution is 2.12. The minimum Gasteiger partial charge on any atom is -0.341 e. The monoisotopic (exact) mass is 303 g/mol. The van der Waals surface area contributed by atoms with Crippen molar-refractivity contribution in [2.45, 2.75) is 32.7 Å². The second kappa shape index (κ2) is 7.40. The van der Waals surface area contributed by atoms with Crippen LogP contribution in [0.2, 0.25) is 0 Å². The molecule has 1 aromatic carbocycles. The van der Waals surface area contributed by atoms with Gasteiger partial charge in [-0.1, -0.05) is 17.7 Å². The van der Waals surface area contributed by atoms with Gasteiger partial charge >= 0.3 is 0 Å². The summed E-state index contributed by atoms with van der Waals surface area (Å²) < 4.78 is 0. The summed E-state index contributed by atoms with van der Waals surface area (Å²) in [5, 5.41) is 0. The van der Waals surface area contributed by atoms with Crippen LogP contribution in [0.1, 0.15) is 35.7 Å². The molecule has 1 aromatic rings. The number of hydrogen-bond donors (Lipinski definition) is 1. The maximum Gasteiger partial charge on any atom is 0.253 e. The van der Waals surface area contributed by atoms with E-state index >= 15 is 0 Å². The lowest BCUT2D eigenvalue weighted by molar-refractivity contribution is -0.131. The Labute approximate surface area is 132 Å². The SMILES string of the molecule is Cc1cccc(C(=O)N2CCCN(C(=O)CC(C)N)CC2)c1. The third-order valence-corrected chi connectivity index (χ3v) is 3.90. The second-order valence-corrected chi connectivity index (χ2v) is 6.08. The quantitative estimate of drug-likeness (QED) is 0.918. The van der Waals surface area contributed by atoms with Crippen molar-refractivity contribution in [1.29, 1.82) is 0 Å². The van der Waals surface area contributed by atoms with E-state index in [1.54, 1.807) is 0 Å². The number of amides is 2. The van der Waals surface area contributed by atoms with Crippen molar-refractivity contribution in [3.8, 4) is 0 Å². The van der Waals surface area contributed by atoms with E-state index in [2.05, 4.69) is 0 Å². The Morgan fingerprint density at radius 1 is 1.18 bits per heavy atom. The second-order valence-electron chi connectivity index (χ2n) is 6.08. The van der Waals surface area contributed by atoms with Gasteiger partial charge in [-0.3, -0.25) is 9.59 Å². The van der Waals surface area contributed by atoms with E-state index < -0.39 is 0 Å².